The lowest BCUT2D eigenvalue weighted by atomic mass is 10.2. The van der Waals surface area contributed by atoms with Crippen LogP contribution >= 0.6 is 0 Å². The lowest BCUT2D eigenvalue weighted by Gasteiger charge is -2.14. The first-order valence-corrected chi connectivity index (χ1v) is 4.77. The summed E-state index contributed by atoms with van der Waals surface area (Å²) >= 11 is 0. The first-order chi connectivity index (χ1) is 6.65. The second-order valence-electron chi connectivity index (χ2n) is 3.02. The van der Waals surface area contributed by atoms with Crippen molar-refractivity contribution in [3.63, 3.8) is 0 Å². The fraction of sp³-hybridized carbons (Fsp3) is 0.545. The summed E-state index contributed by atoms with van der Waals surface area (Å²) in [4.78, 5) is 11.2. The summed E-state index contributed by atoms with van der Waals surface area (Å²) < 4.78 is 4.65. The van der Waals surface area contributed by atoms with Gasteiger partial charge in [-0.1, -0.05) is 25.7 Å². The average Bonchev–Trinajstić information content (AvgIpc) is 2.18. The number of nitrogens with one attached hydrogen (secondary N) is 1. The average molecular weight is 197 g/mol. The Morgan fingerprint density at radius 2 is 2.29 bits per heavy atom. The highest BCUT2D eigenvalue weighted by Crippen LogP contribution is 1.96. The largest absolute Gasteiger partial charge is 0.468 e. The van der Waals surface area contributed by atoms with Crippen LogP contribution in [0.15, 0.2) is 24.3 Å². The Morgan fingerprint density at radius 3 is 2.71 bits per heavy atom. The predicted molar refractivity (Wildman–Crippen MR) is 58.1 cm³/mol. The predicted octanol–water partition coefficient (Wildman–Crippen LogP) is 1.66. The summed E-state index contributed by atoms with van der Waals surface area (Å²) in [5.74, 6) is -0.222. The van der Waals surface area contributed by atoms with Crippen molar-refractivity contribution in [3.8, 4) is 0 Å². The fourth-order valence-electron chi connectivity index (χ4n) is 1.09. The van der Waals surface area contributed by atoms with E-state index in [1.165, 1.54) is 7.11 Å². The summed E-state index contributed by atoms with van der Waals surface area (Å²) in [7, 11) is 1.40. The van der Waals surface area contributed by atoms with Gasteiger partial charge in [0.15, 0.2) is 0 Å². The zero-order valence-electron chi connectivity index (χ0n) is 9.17. The SMILES string of the molecule is C=C(/C=C\C)CNC(CC)C(=O)OC. The molecule has 0 saturated heterocycles. The van der Waals surface area contributed by atoms with E-state index >= 15 is 0 Å². The molecular weight excluding hydrogens is 178 g/mol. The molecule has 1 N–H and O–H groups in total. The van der Waals surface area contributed by atoms with Crippen molar-refractivity contribution in [1.82, 2.24) is 5.32 Å². The summed E-state index contributed by atoms with van der Waals surface area (Å²) in [6.07, 6.45) is 4.55. The van der Waals surface area contributed by atoms with E-state index in [4.69, 9.17) is 0 Å². The van der Waals surface area contributed by atoms with Gasteiger partial charge in [0.05, 0.1) is 7.11 Å². The van der Waals surface area contributed by atoms with Crippen LogP contribution in [0.5, 0.6) is 0 Å². The molecule has 14 heavy (non-hydrogen) atoms. The number of rotatable bonds is 6. The van der Waals surface area contributed by atoms with Crippen LogP contribution in [0.1, 0.15) is 20.3 Å². The highest BCUT2D eigenvalue weighted by Gasteiger charge is 2.15. The van der Waals surface area contributed by atoms with E-state index in [1.54, 1.807) is 0 Å². The molecule has 0 aromatic heterocycles. The molecule has 0 fully saturated rings. The second-order valence-corrected chi connectivity index (χ2v) is 3.02. The summed E-state index contributed by atoms with van der Waals surface area (Å²) in [5, 5.41) is 3.08. The number of hydrogen-bond acceptors (Lipinski definition) is 3. The van der Waals surface area contributed by atoms with Crippen LogP contribution in [-0.2, 0) is 9.53 Å². The van der Waals surface area contributed by atoms with Gasteiger partial charge in [-0.25, -0.2) is 0 Å². The number of methoxy groups -OCH3 is 1. The maximum absolute atomic E-state index is 11.2. The number of hydrogen-bond donors (Lipinski definition) is 1. The molecule has 0 spiro atoms. The number of carbonyl (C=O) groups excluding carboxylic acids is 1. The van der Waals surface area contributed by atoms with E-state index in [-0.39, 0.29) is 12.0 Å². The lowest BCUT2D eigenvalue weighted by molar-refractivity contribution is -0.143. The molecule has 3 nitrogen and oxygen atoms in total. The molecule has 0 bridgehead atoms. The summed E-state index contributed by atoms with van der Waals surface area (Å²) in [5.41, 5.74) is 0.954. The third-order valence-corrected chi connectivity index (χ3v) is 1.87. The highest BCUT2D eigenvalue weighted by molar-refractivity contribution is 5.75. The Hall–Kier alpha value is -1.09. The molecule has 0 aliphatic carbocycles. The van der Waals surface area contributed by atoms with E-state index < -0.39 is 0 Å². The van der Waals surface area contributed by atoms with Crippen molar-refractivity contribution in [2.24, 2.45) is 0 Å². The zero-order chi connectivity index (χ0) is 11.0. The molecule has 3 heteroatoms. The molecule has 0 aromatic carbocycles. The van der Waals surface area contributed by atoms with Gasteiger partial charge in [-0.05, 0) is 18.9 Å². The van der Waals surface area contributed by atoms with E-state index in [2.05, 4.69) is 16.6 Å². The van der Waals surface area contributed by atoms with Gasteiger partial charge >= 0.3 is 5.97 Å². The van der Waals surface area contributed by atoms with Gasteiger partial charge in [0.2, 0.25) is 0 Å². The van der Waals surface area contributed by atoms with Crippen molar-refractivity contribution >= 4 is 5.97 Å². The Kier molecular flexibility index (Phi) is 6.76. The van der Waals surface area contributed by atoms with Crippen molar-refractivity contribution in [1.29, 1.82) is 0 Å². The van der Waals surface area contributed by atoms with Crippen molar-refractivity contribution in [2.45, 2.75) is 26.3 Å². The molecule has 1 atom stereocenters. The maximum Gasteiger partial charge on any atom is 0.322 e. The van der Waals surface area contributed by atoms with Gasteiger partial charge in [-0.15, -0.1) is 0 Å². The van der Waals surface area contributed by atoms with Gasteiger partial charge in [-0.2, -0.15) is 0 Å². The zero-order valence-corrected chi connectivity index (χ0v) is 9.17. The molecule has 0 rings (SSSR count). The Morgan fingerprint density at radius 1 is 1.64 bits per heavy atom. The maximum atomic E-state index is 11.2. The quantitative estimate of drug-likeness (QED) is 0.520. The van der Waals surface area contributed by atoms with E-state index in [0.717, 1.165) is 12.0 Å². The van der Waals surface area contributed by atoms with Crippen LogP contribution in [0.2, 0.25) is 0 Å². The number of allylic oxidation sites excluding steroid dienone is 1. The lowest BCUT2D eigenvalue weighted by Crippen LogP contribution is -2.37. The minimum Gasteiger partial charge on any atom is -0.468 e. The Balaban J connectivity index is 3.95. The molecule has 0 radical (unpaired) electrons. The minimum absolute atomic E-state index is 0.222. The molecule has 0 amide bonds. The molecule has 1 unspecified atom stereocenters. The van der Waals surface area contributed by atoms with Crippen LogP contribution in [-0.4, -0.2) is 25.7 Å². The topological polar surface area (TPSA) is 38.3 Å². The summed E-state index contributed by atoms with van der Waals surface area (Å²) in [6.45, 7) is 8.31. The minimum atomic E-state index is -0.234. The van der Waals surface area contributed by atoms with Crippen LogP contribution < -0.4 is 5.32 Å². The highest BCUT2D eigenvalue weighted by atomic mass is 16.5. The third-order valence-electron chi connectivity index (χ3n) is 1.87. The number of esters is 1. The fourth-order valence-corrected chi connectivity index (χ4v) is 1.09. The molecule has 0 saturated carbocycles. The summed E-state index contributed by atoms with van der Waals surface area (Å²) in [6, 6.07) is -0.234. The smallest absolute Gasteiger partial charge is 0.322 e. The van der Waals surface area contributed by atoms with E-state index in [0.29, 0.717) is 6.54 Å². The first-order valence-electron chi connectivity index (χ1n) is 4.77. The van der Waals surface area contributed by atoms with Crippen LogP contribution in [0.25, 0.3) is 0 Å². The third kappa shape index (κ3) is 4.82. The van der Waals surface area contributed by atoms with E-state index in [9.17, 15) is 4.79 Å². The van der Waals surface area contributed by atoms with Crippen LogP contribution in [0, 0.1) is 0 Å². The number of carbonyl (C=O) groups is 1. The Labute approximate surface area is 85.8 Å². The van der Waals surface area contributed by atoms with Gasteiger partial charge in [-0.3, -0.25) is 4.79 Å². The van der Waals surface area contributed by atoms with Gasteiger partial charge in [0.1, 0.15) is 6.04 Å². The second kappa shape index (κ2) is 7.33. The Bertz CT molecular complexity index is 221. The monoisotopic (exact) mass is 197 g/mol. The van der Waals surface area contributed by atoms with Crippen LogP contribution in [0.4, 0.5) is 0 Å². The van der Waals surface area contributed by atoms with Gasteiger partial charge < -0.3 is 10.1 Å². The molecule has 80 valence electrons. The molecule has 0 aromatic rings. The van der Waals surface area contributed by atoms with Crippen LogP contribution in [0.3, 0.4) is 0 Å². The standard InChI is InChI=1S/C11H19NO2/c1-5-7-9(3)8-12-10(6-2)11(13)14-4/h5,7,10,12H,3,6,8H2,1-2,4H3/b7-5-. The first kappa shape index (κ1) is 12.9. The normalized spacial score (nSPS) is 12.8. The van der Waals surface area contributed by atoms with Crippen molar-refractivity contribution < 1.29 is 9.53 Å². The van der Waals surface area contributed by atoms with E-state index in [1.807, 2.05) is 26.0 Å². The van der Waals surface area contributed by atoms with Gasteiger partial charge in [0.25, 0.3) is 0 Å². The van der Waals surface area contributed by atoms with Crippen molar-refractivity contribution in [2.75, 3.05) is 13.7 Å². The molecule has 0 heterocycles. The van der Waals surface area contributed by atoms with Crippen molar-refractivity contribution in [3.05, 3.63) is 24.3 Å². The molecular formula is C11H19NO2. The molecule has 0 aliphatic rings. The van der Waals surface area contributed by atoms with Gasteiger partial charge in [0, 0.05) is 6.54 Å². The number of ether oxygens (including phenoxy) is 1. The molecule has 0 aliphatic heterocycles.